The molecule has 0 radical (unpaired) electrons. The summed E-state index contributed by atoms with van der Waals surface area (Å²) in [6.45, 7) is 5.28. The molecule has 0 aliphatic heterocycles. The van der Waals surface area contributed by atoms with Gasteiger partial charge in [0.15, 0.2) is 0 Å². The number of nitrogens with one attached hydrogen (secondary N) is 1. The summed E-state index contributed by atoms with van der Waals surface area (Å²) in [5, 5.41) is 2.99. The molecule has 0 saturated heterocycles. The molecule has 3 rings (SSSR count). The van der Waals surface area contributed by atoms with E-state index in [9.17, 15) is 4.79 Å². The lowest BCUT2D eigenvalue weighted by Gasteiger charge is -2.29. The van der Waals surface area contributed by atoms with Crippen molar-refractivity contribution in [2.75, 3.05) is 10.2 Å². The minimum atomic E-state index is 0.155. The molecular weight excluding hydrogens is 284 g/mol. The van der Waals surface area contributed by atoms with Gasteiger partial charge in [0.25, 0.3) is 0 Å². The summed E-state index contributed by atoms with van der Waals surface area (Å²) in [6, 6.07) is 19.1. The van der Waals surface area contributed by atoms with E-state index < -0.39 is 0 Å². The molecule has 0 spiro atoms. The van der Waals surface area contributed by atoms with Crippen molar-refractivity contribution < 1.29 is 4.79 Å². The van der Waals surface area contributed by atoms with E-state index in [1.54, 1.807) is 0 Å². The SMILES string of the molecule is CC(C)N(Cc1ccccc1)c1ccc(NC(=O)C2CC2)cc1. The van der Waals surface area contributed by atoms with Crippen molar-refractivity contribution in [3.05, 3.63) is 60.2 Å². The molecule has 3 heteroatoms. The monoisotopic (exact) mass is 308 g/mol. The van der Waals surface area contributed by atoms with Crippen molar-refractivity contribution in [1.29, 1.82) is 0 Å². The highest BCUT2D eigenvalue weighted by Crippen LogP contribution is 2.30. The first-order chi connectivity index (χ1) is 11.1. The number of amides is 1. The first kappa shape index (κ1) is 15.6. The van der Waals surface area contributed by atoms with Crippen LogP contribution in [0.4, 0.5) is 11.4 Å². The molecule has 0 heterocycles. The highest BCUT2D eigenvalue weighted by atomic mass is 16.2. The van der Waals surface area contributed by atoms with E-state index in [2.05, 4.69) is 60.5 Å². The Hall–Kier alpha value is -2.29. The molecule has 1 amide bonds. The number of carbonyl (C=O) groups excluding carboxylic acids is 1. The maximum Gasteiger partial charge on any atom is 0.227 e. The fraction of sp³-hybridized carbons (Fsp3) is 0.350. The molecule has 1 saturated carbocycles. The van der Waals surface area contributed by atoms with Gasteiger partial charge in [-0.1, -0.05) is 30.3 Å². The van der Waals surface area contributed by atoms with Gasteiger partial charge in [-0.25, -0.2) is 0 Å². The largest absolute Gasteiger partial charge is 0.365 e. The predicted molar refractivity (Wildman–Crippen MR) is 95.6 cm³/mol. The Bertz CT molecular complexity index is 645. The van der Waals surface area contributed by atoms with Crippen LogP contribution in [0.2, 0.25) is 0 Å². The molecule has 1 fully saturated rings. The van der Waals surface area contributed by atoms with Crippen molar-refractivity contribution >= 4 is 17.3 Å². The Kier molecular flexibility index (Phi) is 4.65. The number of anilines is 2. The molecular formula is C20H24N2O. The van der Waals surface area contributed by atoms with E-state index in [0.717, 1.165) is 25.1 Å². The highest BCUT2D eigenvalue weighted by molar-refractivity contribution is 5.94. The van der Waals surface area contributed by atoms with Crippen LogP contribution in [-0.4, -0.2) is 11.9 Å². The second kappa shape index (κ2) is 6.86. The lowest BCUT2D eigenvalue weighted by Crippen LogP contribution is -2.30. The molecule has 1 aliphatic carbocycles. The zero-order valence-electron chi connectivity index (χ0n) is 13.8. The molecule has 0 atom stereocenters. The van der Waals surface area contributed by atoms with E-state index in [4.69, 9.17) is 0 Å². The number of hydrogen-bond donors (Lipinski definition) is 1. The van der Waals surface area contributed by atoms with Gasteiger partial charge in [-0.15, -0.1) is 0 Å². The van der Waals surface area contributed by atoms with Gasteiger partial charge in [0.05, 0.1) is 0 Å². The fourth-order valence-corrected chi connectivity index (χ4v) is 2.68. The third-order valence-electron chi connectivity index (χ3n) is 4.23. The summed E-state index contributed by atoms with van der Waals surface area (Å²) in [4.78, 5) is 14.2. The summed E-state index contributed by atoms with van der Waals surface area (Å²) in [5.41, 5.74) is 3.36. The normalized spacial score (nSPS) is 13.9. The number of nitrogens with zero attached hydrogens (tertiary/aromatic N) is 1. The maximum atomic E-state index is 11.8. The van der Waals surface area contributed by atoms with Crippen molar-refractivity contribution in [2.24, 2.45) is 5.92 Å². The second-order valence-electron chi connectivity index (χ2n) is 6.52. The Morgan fingerprint density at radius 2 is 1.74 bits per heavy atom. The molecule has 1 N–H and O–H groups in total. The quantitative estimate of drug-likeness (QED) is 0.855. The van der Waals surface area contributed by atoms with Crippen LogP contribution in [-0.2, 0) is 11.3 Å². The molecule has 2 aromatic rings. The van der Waals surface area contributed by atoms with Crippen molar-refractivity contribution in [3.8, 4) is 0 Å². The van der Waals surface area contributed by atoms with E-state index in [1.807, 2.05) is 18.2 Å². The zero-order chi connectivity index (χ0) is 16.2. The van der Waals surface area contributed by atoms with Crippen LogP contribution < -0.4 is 10.2 Å². The lowest BCUT2D eigenvalue weighted by molar-refractivity contribution is -0.117. The number of hydrogen-bond acceptors (Lipinski definition) is 2. The van der Waals surface area contributed by atoms with Gasteiger partial charge in [0.1, 0.15) is 0 Å². The number of benzene rings is 2. The van der Waals surface area contributed by atoms with Gasteiger partial charge < -0.3 is 10.2 Å². The standard InChI is InChI=1S/C20H24N2O/c1-15(2)22(14-16-6-4-3-5-7-16)19-12-10-18(11-13-19)21-20(23)17-8-9-17/h3-7,10-13,15,17H,8-9,14H2,1-2H3,(H,21,23). The van der Waals surface area contributed by atoms with Crippen LogP contribution in [0.3, 0.4) is 0 Å². The first-order valence-corrected chi connectivity index (χ1v) is 8.35. The Morgan fingerprint density at radius 1 is 1.09 bits per heavy atom. The zero-order valence-corrected chi connectivity index (χ0v) is 13.8. The summed E-state index contributed by atoms with van der Waals surface area (Å²) in [7, 11) is 0. The van der Waals surface area contributed by atoms with Crippen LogP contribution in [0.5, 0.6) is 0 Å². The number of carbonyl (C=O) groups is 1. The average Bonchev–Trinajstić information content (AvgIpc) is 3.39. The topological polar surface area (TPSA) is 32.3 Å². The second-order valence-corrected chi connectivity index (χ2v) is 6.52. The summed E-state index contributed by atoms with van der Waals surface area (Å²) >= 11 is 0. The van der Waals surface area contributed by atoms with Crippen LogP contribution in [0, 0.1) is 5.92 Å². The third-order valence-corrected chi connectivity index (χ3v) is 4.23. The maximum absolute atomic E-state index is 11.8. The minimum Gasteiger partial charge on any atom is -0.365 e. The van der Waals surface area contributed by atoms with Gasteiger partial charge in [-0.3, -0.25) is 4.79 Å². The van der Waals surface area contributed by atoms with E-state index in [1.165, 1.54) is 11.3 Å². The molecule has 0 aromatic heterocycles. The van der Waals surface area contributed by atoms with E-state index in [-0.39, 0.29) is 11.8 Å². The predicted octanol–water partition coefficient (Wildman–Crippen LogP) is 4.45. The van der Waals surface area contributed by atoms with Crippen molar-refractivity contribution in [1.82, 2.24) is 0 Å². The molecule has 2 aromatic carbocycles. The van der Waals surface area contributed by atoms with E-state index in [0.29, 0.717) is 6.04 Å². The summed E-state index contributed by atoms with van der Waals surface area (Å²) in [5.74, 6) is 0.391. The van der Waals surface area contributed by atoms with Gasteiger partial charge in [0.2, 0.25) is 5.91 Å². The van der Waals surface area contributed by atoms with Gasteiger partial charge in [-0.05, 0) is 56.5 Å². The van der Waals surface area contributed by atoms with Crippen LogP contribution in [0.25, 0.3) is 0 Å². The molecule has 120 valence electrons. The molecule has 0 bridgehead atoms. The van der Waals surface area contributed by atoms with Gasteiger partial charge in [0, 0.05) is 29.9 Å². The van der Waals surface area contributed by atoms with E-state index >= 15 is 0 Å². The summed E-state index contributed by atoms with van der Waals surface area (Å²) < 4.78 is 0. The Morgan fingerprint density at radius 3 is 2.30 bits per heavy atom. The Balaban J connectivity index is 1.70. The first-order valence-electron chi connectivity index (χ1n) is 8.35. The average molecular weight is 308 g/mol. The fourth-order valence-electron chi connectivity index (χ4n) is 2.68. The molecule has 3 nitrogen and oxygen atoms in total. The lowest BCUT2D eigenvalue weighted by atomic mass is 10.1. The molecule has 0 unspecified atom stereocenters. The van der Waals surface area contributed by atoms with Gasteiger partial charge in [-0.2, -0.15) is 0 Å². The van der Waals surface area contributed by atoms with Crippen molar-refractivity contribution in [3.63, 3.8) is 0 Å². The van der Waals surface area contributed by atoms with Crippen LogP contribution >= 0.6 is 0 Å². The Labute approximate surface area is 138 Å². The molecule has 23 heavy (non-hydrogen) atoms. The molecule has 1 aliphatic rings. The highest BCUT2D eigenvalue weighted by Gasteiger charge is 2.29. The van der Waals surface area contributed by atoms with Crippen LogP contribution in [0.1, 0.15) is 32.3 Å². The summed E-state index contributed by atoms with van der Waals surface area (Å²) in [6.07, 6.45) is 2.06. The smallest absolute Gasteiger partial charge is 0.227 e. The number of rotatable bonds is 6. The van der Waals surface area contributed by atoms with Crippen molar-refractivity contribution in [2.45, 2.75) is 39.3 Å². The van der Waals surface area contributed by atoms with Gasteiger partial charge >= 0.3 is 0 Å². The minimum absolute atomic E-state index is 0.155. The van der Waals surface area contributed by atoms with Crippen LogP contribution in [0.15, 0.2) is 54.6 Å². The third kappa shape index (κ3) is 4.13.